The van der Waals surface area contributed by atoms with Crippen molar-refractivity contribution in [1.82, 2.24) is 15.5 Å². The topological polar surface area (TPSA) is 53.6 Å². The summed E-state index contributed by atoms with van der Waals surface area (Å²) in [4.78, 5) is 14.2. The molecule has 1 fully saturated rings. The molecule has 1 aromatic rings. The Morgan fingerprint density at radius 2 is 2.30 bits per heavy atom. The van der Waals surface area contributed by atoms with Gasteiger partial charge in [0, 0.05) is 25.7 Å². The van der Waals surface area contributed by atoms with Crippen molar-refractivity contribution in [3.8, 4) is 5.75 Å². The van der Waals surface area contributed by atoms with Gasteiger partial charge in [0.1, 0.15) is 5.75 Å². The van der Waals surface area contributed by atoms with Gasteiger partial charge in [0.2, 0.25) is 5.91 Å². The zero-order valence-electron chi connectivity index (χ0n) is 12.2. The molecule has 0 saturated carbocycles. The number of hydrogen-bond donors (Lipinski definition) is 2. The van der Waals surface area contributed by atoms with E-state index in [0.717, 1.165) is 30.9 Å². The van der Waals surface area contributed by atoms with Crippen molar-refractivity contribution in [3.63, 3.8) is 0 Å². The molecule has 0 radical (unpaired) electrons. The molecule has 1 aliphatic rings. The van der Waals surface area contributed by atoms with Gasteiger partial charge < -0.3 is 15.4 Å². The summed E-state index contributed by atoms with van der Waals surface area (Å²) in [5.41, 5.74) is 1.05. The zero-order chi connectivity index (χ0) is 14.4. The Morgan fingerprint density at radius 3 is 2.90 bits per heavy atom. The molecule has 20 heavy (non-hydrogen) atoms. The SMILES string of the molecule is CCN(CC(=O)NCc1cccc(OC)c1)C1CNC1. The van der Waals surface area contributed by atoms with E-state index in [1.165, 1.54) is 0 Å². The normalized spacial score (nSPS) is 14.9. The molecular formula is C15H23N3O2. The Labute approximate surface area is 120 Å². The third-order valence-electron chi connectivity index (χ3n) is 3.65. The summed E-state index contributed by atoms with van der Waals surface area (Å²) in [7, 11) is 1.64. The van der Waals surface area contributed by atoms with E-state index in [0.29, 0.717) is 19.1 Å². The highest BCUT2D eigenvalue weighted by Crippen LogP contribution is 2.12. The van der Waals surface area contributed by atoms with E-state index in [2.05, 4.69) is 22.5 Å². The fourth-order valence-electron chi connectivity index (χ4n) is 2.25. The van der Waals surface area contributed by atoms with Gasteiger partial charge in [-0.05, 0) is 24.2 Å². The average molecular weight is 277 g/mol. The van der Waals surface area contributed by atoms with Gasteiger partial charge in [-0.2, -0.15) is 0 Å². The lowest BCUT2D eigenvalue weighted by Gasteiger charge is -2.37. The van der Waals surface area contributed by atoms with Gasteiger partial charge in [-0.15, -0.1) is 0 Å². The number of rotatable bonds is 7. The summed E-state index contributed by atoms with van der Waals surface area (Å²) in [5.74, 6) is 0.883. The summed E-state index contributed by atoms with van der Waals surface area (Å²) < 4.78 is 5.17. The maximum Gasteiger partial charge on any atom is 0.234 e. The molecule has 2 N–H and O–H groups in total. The number of hydrogen-bond acceptors (Lipinski definition) is 4. The van der Waals surface area contributed by atoms with Gasteiger partial charge in [0.15, 0.2) is 0 Å². The molecule has 0 bridgehead atoms. The van der Waals surface area contributed by atoms with Crippen molar-refractivity contribution in [2.45, 2.75) is 19.5 Å². The molecule has 0 unspecified atom stereocenters. The first kappa shape index (κ1) is 14.8. The number of methoxy groups -OCH3 is 1. The Hall–Kier alpha value is -1.59. The smallest absolute Gasteiger partial charge is 0.234 e. The molecular weight excluding hydrogens is 254 g/mol. The van der Waals surface area contributed by atoms with E-state index < -0.39 is 0 Å². The van der Waals surface area contributed by atoms with E-state index in [9.17, 15) is 4.79 Å². The second-order valence-electron chi connectivity index (χ2n) is 5.00. The first-order chi connectivity index (χ1) is 9.72. The average Bonchev–Trinajstić information content (AvgIpc) is 2.42. The zero-order valence-corrected chi connectivity index (χ0v) is 12.2. The van der Waals surface area contributed by atoms with Crippen molar-refractivity contribution in [2.75, 3.05) is 33.3 Å². The molecule has 2 rings (SSSR count). The van der Waals surface area contributed by atoms with Crippen LogP contribution in [0.25, 0.3) is 0 Å². The molecule has 1 aliphatic heterocycles. The minimum atomic E-state index is 0.0709. The predicted octanol–water partition coefficient (Wildman–Crippen LogP) is 0.605. The highest BCUT2D eigenvalue weighted by Gasteiger charge is 2.24. The number of likely N-dealkylation sites (N-methyl/N-ethyl adjacent to an activating group) is 1. The van der Waals surface area contributed by atoms with Crippen LogP contribution in [0.1, 0.15) is 12.5 Å². The summed E-state index contributed by atoms with van der Waals surface area (Å²) in [6, 6.07) is 8.25. The fourth-order valence-corrected chi connectivity index (χ4v) is 2.25. The predicted molar refractivity (Wildman–Crippen MR) is 78.7 cm³/mol. The van der Waals surface area contributed by atoms with Crippen LogP contribution in [0.2, 0.25) is 0 Å². The Bertz CT molecular complexity index is 446. The number of carbonyl (C=O) groups is 1. The minimum absolute atomic E-state index is 0.0709. The van der Waals surface area contributed by atoms with Crippen LogP contribution in [0.5, 0.6) is 5.75 Å². The highest BCUT2D eigenvalue weighted by atomic mass is 16.5. The third kappa shape index (κ3) is 3.95. The van der Waals surface area contributed by atoms with Crippen molar-refractivity contribution in [2.24, 2.45) is 0 Å². The second kappa shape index (κ2) is 7.26. The van der Waals surface area contributed by atoms with E-state index in [1.807, 2.05) is 24.3 Å². The molecule has 1 amide bonds. The van der Waals surface area contributed by atoms with Crippen LogP contribution in [0.15, 0.2) is 24.3 Å². The number of amides is 1. The molecule has 5 nitrogen and oxygen atoms in total. The van der Waals surface area contributed by atoms with Crippen LogP contribution in [0.4, 0.5) is 0 Å². The molecule has 0 aliphatic carbocycles. The number of carbonyl (C=O) groups excluding carboxylic acids is 1. The summed E-state index contributed by atoms with van der Waals surface area (Å²) >= 11 is 0. The lowest BCUT2D eigenvalue weighted by Crippen LogP contribution is -2.58. The van der Waals surface area contributed by atoms with E-state index >= 15 is 0 Å². The van der Waals surface area contributed by atoms with Gasteiger partial charge in [0.25, 0.3) is 0 Å². The van der Waals surface area contributed by atoms with Crippen molar-refractivity contribution < 1.29 is 9.53 Å². The monoisotopic (exact) mass is 277 g/mol. The molecule has 0 atom stereocenters. The first-order valence-electron chi connectivity index (χ1n) is 7.07. The Balaban J connectivity index is 1.78. The van der Waals surface area contributed by atoms with Crippen LogP contribution in [0.3, 0.4) is 0 Å². The molecule has 1 aromatic carbocycles. The van der Waals surface area contributed by atoms with Crippen LogP contribution in [-0.2, 0) is 11.3 Å². The highest BCUT2D eigenvalue weighted by molar-refractivity contribution is 5.78. The van der Waals surface area contributed by atoms with Gasteiger partial charge in [-0.3, -0.25) is 9.69 Å². The van der Waals surface area contributed by atoms with Gasteiger partial charge in [-0.25, -0.2) is 0 Å². The van der Waals surface area contributed by atoms with E-state index in [4.69, 9.17) is 4.74 Å². The molecule has 0 spiro atoms. The lowest BCUT2D eigenvalue weighted by molar-refractivity contribution is -0.123. The maximum absolute atomic E-state index is 12.0. The number of ether oxygens (including phenoxy) is 1. The summed E-state index contributed by atoms with van der Waals surface area (Å²) in [6.45, 7) is 5.96. The van der Waals surface area contributed by atoms with Crippen molar-refractivity contribution in [3.05, 3.63) is 29.8 Å². The minimum Gasteiger partial charge on any atom is -0.497 e. The number of nitrogens with one attached hydrogen (secondary N) is 2. The Morgan fingerprint density at radius 1 is 1.50 bits per heavy atom. The molecule has 110 valence electrons. The summed E-state index contributed by atoms with van der Waals surface area (Å²) in [6.07, 6.45) is 0. The lowest BCUT2D eigenvalue weighted by atomic mass is 10.1. The van der Waals surface area contributed by atoms with E-state index in [-0.39, 0.29) is 5.91 Å². The largest absolute Gasteiger partial charge is 0.497 e. The van der Waals surface area contributed by atoms with Crippen LogP contribution >= 0.6 is 0 Å². The number of nitrogens with zero attached hydrogens (tertiary/aromatic N) is 1. The van der Waals surface area contributed by atoms with Crippen LogP contribution in [0, 0.1) is 0 Å². The third-order valence-corrected chi connectivity index (χ3v) is 3.65. The number of benzene rings is 1. The molecule has 1 heterocycles. The summed E-state index contributed by atoms with van der Waals surface area (Å²) in [5, 5.41) is 6.19. The van der Waals surface area contributed by atoms with Gasteiger partial charge in [-0.1, -0.05) is 19.1 Å². The maximum atomic E-state index is 12.0. The molecule has 1 saturated heterocycles. The molecule has 0 aromatic heterocycles. The van der Waals surface area contributed by atoms with E-state index in [1.54, 1.807) is 7.11 Å². The van der Waals surface area contributed by atoms with Gasteiger partial charge in [0.05, 0.1) is 13.7 Å². The Kier molecular flexibility index (Phi) is 5.38. The fraction of sp³-hybridized carbons (Fsp3) is 0.533. The quantitative estimate of drug-likeness (QED) is 0.766. The van der Waals surface area contributed by atoms with Crippen molar-refractivity contribution >= 4 is 5.91 Å². The second-order valence-corrected chi connectivity index (χ2v) is 5.00. The van der Waals surface area contributed by atoms with Crippen LogP contribution in [-0.4, -0.2) is 50.1 Å². The van der Waals surface area contributed by atoms with Crippen LogP contribution < -0.4 is 15.4 Å². The molecule has 5 heteroatoms. The van der Waals surface area contributed by atoms with Gasteiger partial charge >= 0.3 is 0 Å². The van der Waals surface area contributed by atoms with Crippen molar-refractivity contribution in [1.29, 1.82) is 0 Å². The first-order valence-corrected chi connectivity index (χ1v) is 7.07. The standard InChI is InChI=1S/C15H23N3O2/c1-3-18(13-9-16-10-13)11-15(19)17-8-12-5-4-6-14(7-12)20-2/h4-7,13,16H,3,8-11H2,1-2H3,(H,17,19).